The van der Waals surface area contributed by atoms with Gasteiger partial charge in [-0.3, -0.25) is 10.1 Å². The first-order valence-electron chi connectivity index (χ1n) is 6.11. The fraction of sp³-hybridized carbons (Fsp3) is 0.583. The van der Waals surface area contributed by atoms with Gasteiger partial charge in [-0.05, 0) is 47.7 Å². The number of nitrogens with one attached hydrogen (secondary N) is 1. The zero-order chi connectivity index (χ0) is 14.4. The Hall–Kier alpha value is -0.820. The first kappa shape index (κ1) is 16.2. The van der Waals surface area contributed by atoms with Crippen molar-refractivity contribution in [1.29, 1.82) is 0 Å². The predicted octanol–water partition coefficient (Wildman–Crippen LogP) is 4.00. The number of halogens is 1. The van der Waals surface area contributed by atoms with Crippen molar-refractivity contribution in [1.82, 2.24) is 4.98 Å². The standard InChI is InChI=1S/C12H18BrN3O2S/c1-4-19-6-5-8(2)15-12-11(13)9(3)10(7-14-12)16(17)18/h7-8H,4-6H2,1-3H3,(H,14,15). The monoisotopic (exact) mass is 347 g/mol. The van der Waals surface area contributed by atoms with Crippen LogP contribution in [0.15, 0.2) is 10.7 Å². The summed E-state index contributed by atoms with van der Waals surface area (Å²) in [6.45, 7) is 5.94. The number of hydrogen-bond donors (Lipinski definition) is 1. The highest BCUT2D eigenvalue weighted by Crippen LogP contribution is 2.31. The lowest BCUT2D eigenvalue weighted by Gasteiger charge is -2.16. The van der Waals surface area contributed by atoms with E-state index in [1.54, 1.807) is 6.92 Å². The van der Waals surface area contributed by atoms with E-state index >= 15 is 0 Å². The minimum atomic E-state index is -0.418. The fourth-order valence-electron chi connectivity index (χ4n) is 1.56. The molecule has 106 valence electrons. The maximum absolute atomic E-state index is 10.8. The van der Waals surface area contributed by atoms with E-state index in [4.69, 9.17) is 0 Å². The lowest BCUT2D eigenvalue weighted by Crippen LogP contribution is -2.17. The number of anilines is 1. The fourth-order valence-corrected chi connectivity index (χ4v) is 2.79. The van der Waals surface area contributed by atoms with Crippen molar-refractivity contribution in [3.63, 3.8) is 0 Å². The Kier molecular flexibility index (Phi) is 6.57. The van der Waals surface area contributed by atoms with E-state index in [1.807, 2.05) is 11.8 Å². The smallest absolute Gasteiger partial charge is 0.291 e. The largest absolute Gasteiger partial charge is 0.367 e. The summed E-state index contributed by atoms with van der Waals surface area (Å²) in [7, 11) is 0. The highest BCUT2D eigenvalue weighted by molar-refractivity contribution is 9.10. The van der Waals surface area contributed by atoms with Gasteiger partial charge in [-0.1, -0.05) is 6.92 Å². The minimum Gasteiger partial charge on any atom is -0.367 e. The van der Waals surface area contributed by atoms with Gasteiger partial charge in [-0.15, -0.1) is 0 Å². The molecule has 5 nitrogen and oxygen atoms in total. The first-order valence-corrected chi connectivity index (χ1v) is 8.05. The van der Waals surface area contributed by atoms with E-state index in [9.17, 15) is 10.1 Å². The number of nitro groups is 1. The molecule has 19 heavy (non-hydrogen) atoms. The van der Waals surface area contributed by atoms with Crippen LogP contribution in [0.4, 0.5) is 11.5 Å². The number of pyridine rings is 1. The van der Waals surface area contributed by atoms with Gasteiger partial charge in [0.05, 0.1) is 9.40 Å². The van der Waals surface area contributed by atoms with Crippen LogP contribution in [0.25, 0.3) is 0 Å². The molecule has 1 N–H and O–H groups in total. The van der Waals surface area contributed by atoms with Crippen molar-refractivity contribution in [2.45, 2.75) is 33.2 Å². The summed E-state index contributed by atoms with van der Waals surface area (Å²) in [5.41, 5.74) is 0.629. The van der Waals surface area contributed by atoms with Gasteiger partial charge in [0.2, 0.25) is 0 Å². The molecule has 1 unspecified atom stereocenters. The molecule has 0 amide bonds. The zero-order valence-electron chi connectivity index (χ0n) is 11.3. The van der Waals surface area contributed by atoms with E-state index in [2.05, 4.69) is 40.1 Å². The van der Waals surface area contributed by atoms with Crippen LogP contribution in [0, 0.1) is 17.0 Å². The van der Waals surface area contributed by atoms with Gasteiger partial charge in [-0.2, -0.15) is 11.8 Å². The third-order valence-electron chi connectivity index (χ3n) is 2.72. The number of rotatable bonds is 7. The maximum atomic E-state index is 10.8. The Balaban J connectivity index is 2.74. The van der Waals surface area contributed by atoms with Crippen molar-refractivity contribution < 1.29 is 4.92 Å². The third kappa shape index (κ3) is 4.65. The van der Waals surface area contributed by atoms with E-state index in [0.717, 1.165) is 17.9 Å². The molecule has 0 aliphatic rings. The summed E-state index contributed by atoms with van der Waals surface area (Å²) < 4.78 is 0.664. The van der Waals surface area contributed by atoms with Crippen molar-refractivity contribution in [3.05, 3.63) is 26.3 Å². The molecule has 0 saturated heterocycles. The highest BCUT2D eigenvalue weighted by atomic mass is 79.9. The molecular weight excluding hydrogens is 330 g/mol. The predicted molar refractivity (Wildman–Crippen MR) is 84.0 cm³/mol. The van der Waals surface area contributed by atoms with Gasteiger partial charge < -0.3 is 5.32 Å². The molecule has 1 rings (SSSR count). The minimum absolute atomic E-state index is 0.0339. The normalized spacial score (nSPS) is 12.2. The van der Waals surface area contributed by atoms with Crippen LogP contribution in [0.2, 0.25) is 0 Å². The maximum Gasteiger partial charge on any atom is 0.291 e. The molecule has 0 saturated carbocycles. The number of thioether (sulfide) groups is 1. The van der Waals surface area contributed by atoms with Crippen LogP contribution >= 0.6 is 27.7 Å². The van der Waals surface area contributed by atoms with Gasteiger partial charge in [0.1, 0.15) is 12.0 Å². The molecule has 0 aliphatic carbocycles. The van der Waals surface area contributed by atoms with Crippen LogP contribution in [0.3, 0.4) is 0 Å². The molecule has 1 aromatic heterocycles. The Morgan fingerprint density at radius 3 is 2.89 bits per heavy atom. The van der Waals surface area contributed by atoms with Crippen LogP contribution in [-0.2, 0) is 0 Å². The molecule has 0 fully saturated rings. The lowest BCUT2D eigenvalue weighted by atomic mass is 10.2. The Morgan fingerprint density at radius 1 is 1.63 bits per heavy atom. The number of nitrogens with zero attached hydrogens (tertiary/aromatic N) is 2. The molecule has 0 radical (unpaired) electrons. The molecule has 0 aliphatic heterocycles. The highest BCUT2D eigenvalue weighted by Gasteiger charge is 2.17. The second-order valence-electron chi connectivity index (χ2n) is 4.22. The molecule has 7 heteroatoms. The second-order valence-corrected chi connectivity index (χ2v) is 6.41. The lowest BCUT2D eigenvalue weighted by molar-refractivity contribution is -0.385. The average molecular weight is 348 g/mol. The Labute approximate surface area is 125 Å². The Morgan fingerprint density at radius 2 is 2.32 bits per heavy atom. The second kappa shape index (κ2) is 7.69. The van der Waals surface area contributed by atoms with Gasteiger partial charge in [-0.25, -0.2) is 4.98 Å². The van der Waals surface area contributed by atoms with Crippen molar-refractivity contribution in [2.24, 2.45) is 0 Å². The molecule has 1 atom stereocenters. The molecule has 1 heterocycles. The van der Waals surface area contributed by atoms with E-state index in [0.29, 0.717) is 15.9 Å². The van der Waals surface area contributed by atoms with Crippen molar-refractivity contribution in [2.75, 3.05) is 16.8 Å². The third-order valence-corrected chi connectivity index (χ3v) is 4.62. The van der Waals surface area contributed by atoms with Crippen LogP contribution in [-0.4, -0.2) is 27.5 Å². The topological polar surface area (TPSA) is 68.1 Å². The van der Waals surface area contributed by atoms with Crippen molar-refractivity contribution >= 4 is 39.2 Å². The number of aromatic nitrogens is 1. The first-order chi connectivity index (χ1) is 8.97. The van der Waals surface area contributed by atoms with Gasteiger partial charge in [0, 0.05) is 11.6 Å². The van der Waals surface area contributed by atoms with Gasteiger partial charge in [0.15, 0.2) is 0 Å². The Bertz CT molecular complexity index is 457. The molecule has 1 aromatic rings. The summed E-state index contributed by atoms with van der Waals surface area (Å²) in [6.07, 6.45) is 2.33. The van der Waals surface area contributed by atoms with E-state index in [1.165, 1.54) is 6.20 Å². The molecular formula is C12H18BrN3O2S. The molecule has 0 aromatic carbocycles. The molecule has 0 spiro atoms. The zero-order valence-corrected chi connectivity index (χ0v) is 13.7. The SMILES string of the molecule is CCSCCC(C)Nc1ncc([N+](=O)[O-])c(C)c1Br. The average Bonchev–Trinajstić information content (AvgIpc) is 2.35. The van der Waals surface area contributed by atoms with E-state index in [-0.39, 0.29) is 11.7 Å². The van der Waals surface area contributed by atoms with Gasteiger partial charge in [0.25, 0.3) is 5.69 Å². The summed E-state index contributed by atoms with van der Waals surface area (Å²) >= 11 is 5.27. The number of hydrogen-bond acceptors (Lipinski definition) is 5. The van der Waals surface area contributed by atoms with Crippen LogP contribution in [0.1, 0.15) is 25.8 Å². The van der Waals surface area contributed by atoms with Crippen LogP contribution < -0.4 is 5.32 Å². The van der Waals surface area contributed by atoms with Crippen molar-refractivity contribution in [3.8, 4) is 0 Å². The summed E-state index contributed by atoms with van der Waals surface area (Å²) in [6, 6.07) is 0.281. The summed E-state index contributed by atoms with van der Waals surface area (Å²) in [5.74, 6) is 2.87. The van der Waals surface area contributed by atoms with Crippen LogP contribution in [0.5, 0.6) is 0 Å². The summed E-state index contributed by atoms with van der Waals surface area (Å²) in [4.78, 5) is 14.5. The van der Waals surface area contributed by atoms with Gasteiger partial charge >= 0.3 is 0 Å². The quantitative estimate of drug-likeness (QED) is 0.458. The molecule has 0 bridgehead atoms. The summed E-state index contributed by atoms with van der Waals surface area (Å²) in [5, 5.41) is 14.1. The van der Waals surface area contributed by atoms with E-state index < -0.39 is 4.92 Å².